The summed E-state index contributed by atoms with van der Waals surface area (Å²) in [6.45, 7) is 9.98. The molecule has 1 aromatic carbocycles. The molecule has 0 radical (unpaired) electrons. The summed E-state index contributed by atoms with van der Waals surface area (Å²) in [4.78, 5) is 14.5. The molecule has 0 aliphatic carbocycles. The monoisotopic (exact) mass is 246 g/mol. The van der Waals surface area contributed by atoms with E-state index in [0.29, 0.717) is 0 Å². The molecule has 1 aliphatic heterocycles. The van der Waals surface area contributed by atoms with Crippen molar-refractivity contribution < 1.29 is 4.79 Å². The smallest absolute Gasteiger partial charge is 0.254 e. The summed E-state index contributed by atoms with van der Waals surface area (Å²) in [7, 11) is 0. The lowest BCUT2D eigenvalue weighted by Crippen LogP contribution is -2.62. The van der Waals surface area contributed by atoms with Gasteiger partial charge in [0.15, 0.2) is 0 Å². The first-order chi connectivity index (χ1) is 8.39. The molecule has 0 saturated carbocycles. The topological polar surface area (TPSA) is 32.3 Å². The van der Waals surface area contributed by atoms with Crippen LogP contribution in [-0.4, -0.2) is 35.5 Å². The van der Waals surface area contributed by atoms with Crippen molar-refractivity contribution in [2.45, 2.75) is 39.3 Å². The zero-order chi connectivity index (χ0) is 13.3. The highest BCUT2D eigenvalue weighted by Gasteiger charge is 2.33. The van der Waals surface area contributed by atoms with Crippen LogP contribution < -0.4 is 5.32 Å². The van der Waals surface area contributed by atoms with E-state index in [1.54, 1.807) is 0 Å². The van der Waals surface area contributed by atoms with Gasteiger partial charge >= 0.3 is 0 Å². The standard InChI is InChI=1S/C15H22N2O/c1-11-6-5-7-13(8-11)14(18)17-10-15(3,4)16-9-12(17)2/h5-8,12,16H,9-10H2,1-4H3. The lowest BCUT2D eigenvalue weighted by atomic mass is 9.98. The highest BCUT2D eigenvalue weighted by Crippen LogP contribution is 2.18. The Morgan fingerprint density at radius 3 is 2.83 bits per heavy atom. The first-order valence-corrected chi connectivity index (χ1v) is 6.52. The van der Waals surface area contributed by atoms with Gasteiger partial charge in [-0.05, 0) is 39.8 Å². The third kappa shape index (κ3) is 2.72. The Balaban J connectivity index is 2.22. The van der Waals surface area contributed by atoms with Crippen LogP contribution in [0.4, 0.5) is 0 Å². The molecule has 0 aromatic heterocycles. The molecule has 1 atom stereocenters. The predicted octanol–water partition coefficient (Wildman–Crippen LogP) is 2.21. The number of amides is 1. The largest absolute Gasteiger partial charge is 0.333 e. The van der Waals surface area contributed by atoms with E-state index in [9.17, 15) is 4.79 Å². The van der Waals surface area contributed by atoms with Crippen LogP contribution in [0, 0.1) is 6.92 Å². The van der Waals surface area contributed by atoms with E-state index in [-0.39, 0.29) is 17.5 Å². The number of carbonyl (C=O) groups is 1. The van der Waals surface area contributed by atoms with Gasteiger partial charge in [0, 0.05) is 30.2 Å². The lowest BCUT2D eigenvalue weighted by Gasteiger charge is -2.43. The van der Waals surface area contributed by atoms with Crippen molar-refractivity contribution in [2.75, 3.05) is 13.1 Å². The fourth-order valence-electron chi connectivity index (χ4n) is 2.39. The predicted molar refractivity (Wildman–Crippen MR) is 73.8 cm³/mol. The van der Waals surface area contributed by atoms with E-state index in [0.717, 1.165) is 24.2 Å². The third-order valence-electron chi connectivity index (χ3n) is 3.50. The molecule has 1 aromatic rings. The Bertz CT molecular complexity index is 454. The zero-order valence-corrected chi connectivity index (χ0v) is 11.7. The SMILES string of the molecule is Cc1cccc(C(=O)N2CC(C)(C)NCC2C)c1. The Morgan fingerprint density at radius 1 is 1.44 bits per heavy atom. The minimum atomic E-state index is -0.00794. The maximum absolute atomic E-state index is 12.5. The molecule has 18 heavy (non-hydrogen) atoms. The second kappa shape index (κ2) is 4.73. The van der Waals surface area contributed by atoms with Gasteiger partial charge in [0.1, 0.15) is 0 Å². The molecule has 1 heterocycles. The van der Waals surface area contributed by atoms with Gasteiger partial charge in [-0.15, -0.1) is 0 Å². The Morgan fingerprint density at radius 2 is 2.17 bits per heavy atom. The molecule has 1 fully saturated rings. The van der Waals surface area contributed by atoms with Crippen LogP contribution in [-0.2, 0) is 0 Å². The van der Waals surface area contributed by atoms with Crippen LogP contribution in [0.25, 0.3) is 0 Å². The molecule has 3 heteroatoms. The summed E-state index contributed by atoms with van der Waals surface area (Å²) >= 11 is 0. The van der Waals surface area contributed by atoms with E-state index in [1.807, 2.05) is 36.1 Å². The Hall–Kier alpha value is -1.35. The van der Waals surface area contributed by atoms with Crippen LogP contribution in [0.5, 0.6) is 0 Å². The number of rotatable bonds is 1. The molecule has 1 aliphatic rings. The van der Waals surface area contributed by atoms with Gasteiger partial charge in [0.25, 0.3) is 5.91 Å². The number of piperazine rings is 1. The molecule has 3 nitrogen and oxygen atoms in total. The minimum Gasteiger partial charge on any atom is -0.333 e. The maximum atomic E-state index is 12.5. The Kier molecular flexibility index (Phi) is 3.44. The minimum absolute atomic E-state index is 0.00794. The maximum Gasteiger partial charge on any atom is 0.254 e. The summed E-state index contributed by atoms with van der Waals surface area (Å²) in [5, 5.41) is 3.46. The summed E-state index contributed by atoms with van der Waals surface area (Å²) in [5.74, 6) is 0.140. The van der Waals surface area contributed by atoms with Crippen LogP contribution in [0.2, 0.25) is 0 Å². The summed E-state index contributed by atoms with van der Waals surface area (Å²) in [6.07, 6.45) is 0. The molecular weight excluding hydrogens is 224 g/mol. The van der Waals surface area contributed by atoms with Gasteiger partial charge in [-0.25, -0.2) is 0 Å². The van der Waals surface area contributed by atoms with Crippen molar-refractivity contribution in [1.82, 2.24) is 10.2 Å². The molecule has 1 amide bonds. The molecule has 98 valence electrons. The lowest BCUT2D eigenvalue weighted by molar-refractivity contribution is 0.0533. The molecule has 2 rings (SSSR count). The second-order valence-corrected chi connectivity index (χ2v) is 5.92. The average Bonchev–Trinajstić information content (AvgIpc) is 2.31. The third-order valence-corrected chi connectivity index (χ3v) is 3.50. The summed E-state index contributed by atoms with van der Waals surface area (Å²) in [6, 6.07) is 8.06. The molecule has 1 N–H and O–H groups in total. The van der Waals surface area contributed by atoms with Gasteiger partial charge in [-0.3, -0.25) is 4.79 Å². The summed E-state index contributed by atoms with van der Waals surface area (Å²) in [5.41, 5.74) is 1.91. The van der Waals surface area contributed by atoms with Crippen molar-refractivity contribution >= 4 is 5.91 Å². The van der Waals surface area contributed by atoms with Crippen molar-refractivity contribution in [3.05, 3.63) is 35.4 Å². The zero-order valence-electron chi connectivity index (χ0n) is 11.7. The number of nitrogens with zero attached hydrogens (tertiary/aromatic N) is 1. The first kappa shape index (κ1) is 13.1. The molecule has 0 bridgehead atoms. The van der Waals surface area contributed by atoms with E-state index >= 15 is 0 Å². The van der Waals surface area contributed by atoms with Crippen LogP contribution in [0.15, 0.2) is 24.3 Å². The number of hydrogen-bond acceptors (Lipinski definition) is 2. The van der Waals surface area contributed by atoms with Crippen molar-refractivity contribution in [2.24, 2.45) is 0 Å². The molecule has 1 unspecified atom stereocenters. The first-order valence-electron chi connectivity index (χ1n) is 6.52. The number of benzene rings is 1. The van der Waals surface area contributed by atoms with Crippen LogP contribution in [0.3, 0.4) is 0 Å². The van der Waals surface area contributed by atoms with Crippen molar-refractivity contribution in [3.63, 3.8) is 0 Å². The van der Waals surface area contributed by atoms with Crippen molar-refractivity contribution in [1.29, 1.82) is 0 Å². The fourth-order valence-corrected chi connectivity index (χ4v) is 2.39. The molecule has 1 saturated heterocycles. The van der Waals surface area contributed by atoms with E-state index < -0.39 is 0 Å². The fraction of sp³-hybridized carbons (Fsp3) is 0.533. The number of carbonyl (C=O) groups excluding carboxylic acids is 1. The number of hydrogen-bond donors (Lipinski definition) is 1. The van der Waals surface area contributed by atoms with Crippen LogP contribution in [0.1, 0.15) is 36.7 Å². The van der Waals surface area contributed by atoms with E-state index in [4.69, 9.17) is 0 Å². The van der Waals surface area contributed by atoms with Crippen molar-refractivity contribution in [3.8, 4) is 0 Å². The average molecular weight is 246 g/mol. The highest BCUT2D eigenvalue weighted by molar-refractivity contribution is 5.94. The number of aryl methyl sites for hydroxylation is 1. The number of nitrogens with one attached hydrogen (secondary N) is 1. The van der Waals surface area contributed by atoms with Gasteiger partial charge < -0.3 is 10.2 Å². The van der Waals surface area contributed by atoms with Gasteiger partial charge in [-0.1, -0.05) is 17.7 Å². The second-order valence-electron chi connectivity index (χ2n) is 5.92. The van der Waals surface area contributed by atoms with Gasteiger partial charge in [0.05, 0.1) is 0 Å². The molecular formula is C15H22N2O. The Labute approximate surface area is 109 Å². The summed E-state index contributed by atoms with van der Waals surface area (Å²) < 4.78 is 0. The van der Waals surface area contributed by atoms with Gasteiger partial charge in [0.2, 0.25) is 0 Å². The highest BCUT2D eigenvalue weighted by atomic mass is 16.2. The molecule has 0 spiro atoms. The van der Waals surface area contributed by atoms with Gasteiger partial charge in [-0.2, -0.15) is 0 Å². The normalized spacial score (nSPS) is 22.9. The quantitative estimate of drug-likeness (QED) is 0.824. The van der Waals surface area contributed by atoms with Crippen LogP contribution >= 0.6 is 0 Å². The van der Waals surface area contributed by atoms with E-state index in [2.05, 4.69) is 26.1 Å². The van der Waals surface area contributed by atoms with E-state index in [1.165, 1.54) is 0 Å².